The number of rotatable bonds is 14. The number of piperidine rings is 1. The van der Waals surface area contributed by atoms with E-state index in [0.717, 1.165) is 27.1 Å². The number of halogens is 2. The zero-order valence-electron chi connectivity index (χ0n) is 44.3. The predicted octanol–water partition coefficient (Wildman–Crippen LogP) is 1.26. The van der Waals surface area contributed by atoms with Gasteiger partial charge in [0.15, 0.2) is 0 Å². The molecule has 2 saturated carbocycles. The molecule has 2 aliphatic heterocycles. The Kier molecular flexibility index (Phi) is 13.9. The smallest absolute Gasteiger partial charge is 0.407 e. The van der Waals surface area contributed by atoms with Crippen molar-refractivity contribution in [1.82, 2.24) is 40.4 Å². The highest BCUT2D eigenvalue weighted by Crippen LogP contribution is 2.65. The number of aromatic nitrogens is 4. The van der Waals surface area contributed by atoms with E-state index < -0.39 is 90.0 Å². The molecule has 14 nitrogen and oxygen atoms in total. The average molecular weight is 1050 g/mol. The summed E-state index contributed by atoms with van der Waals surface area (Å²) in [6.07, 6.45) is 2.53. The Bertz CT molecular complexity index is 3390. The van der Waals surface area contributed by atoms with Crippen LogP contribution in [0.5, 0.6) is 0 Å². The topological polar surface area (TPSA) is 175 Å². The van der Waals surface area contributed by atoms with Crippen molar-refractivity contribution >= 4 is 161 Å². The van der Waals surface area contributed by atoms with Crippen LogP contribution in [0.4, 0.5) is 18.4 Å². The highest BCUT2D eigenvalue weighted by molar-refractivity contribution is 6.72. The van der Waals surface area contributed by atoms with E-state index in [2.05, 4.69) is 25.6 Å². The molecule has 2 aromatic heterocycles. The van der Waals surface area contributed by atoms with E-state index in [-0.39, 0.29) is 34.8 Å². The lowest BCUT2D eigenvalue weighted by Crippen LogP contribution is -2.72. The van der Waals surface area contributed by atoms with Gasteiger partial charge in [-0.1, -0.05) is 41.0 Å². The minimum absolute atomic E-state index is 0.101. The van der Waals surface area contributed by atoms with E-state index in [4.69, 9.17) is 140 Å². The summed E-state index contributed by atoms with van der Waals surface area (Å²) in [7, 11) is 102. The third kappa shape index (κ3) is 8.90. The molecule has 3 aliphatic carbocycles. The summed E-state index contributed by atoms with van der Waals surface area (Å²) in [6, 6.07) is 12.5. The largest absolute Gasteiger partial charge is 0.453 e. The van der Waals surface area contributed by atoms with Gasteiger partial charge in [-0.2, -0.15) is 8.78 Å². The minimum atomic E-state index is -3.48. The first-order valence-electron chi connectivity index (χ1n) is 25.6. The lowest BCUT2D eigenvalue weighted by molar-refractivity contribution is -0.141. The van der Waals surface area contributed by atoms with Gasteiger partial charge in [-0.15, -0.1) is 20.5 Å². The number of H-pyrrole nitrogens is 2. The van der Waals surface area contributed by atoms with Crippen molar-refractivity contribution in [3.8, 4) is 33.5 Å². The molecule has 3 aromatic carbocycles. The maximum atomic E-state index is 17.0. The highest BCUT2D eigenvalue weighted by Gasteiger charge is 2.65. The number of ether oxygens (including phenoxy) is 2. The fourth-order valence-electron chi connectivity index (χ4n) is 12.9. The van der Waals surface area contributed by atoms with Crippen LogP contribution in [0.25, 0.3) is 44.5 Å². The van der Waals surface area contributed by atoms with Crippen molar-refractivity contribution in [2.75, 3.05) is 20.8 Å². The first-order chi connectivity index (χ1) is 37.4. The molecule has 4 N–H and O–H groups in total. The van der Waals surface area contributed by atoms with Crippen LogP contribution in [-0.2, 0) is 25.0 Å². The molecule has 32 radical (unpaired) electrons. The number of amides is 4. The van der Waals surface area contributed by atoms with Gasteiger partial charge in [0.05, 0.1) is 170 Å². The third-order valence-corrected chi connectivity index (χ3v) is 17.5. The van der Waals surface area contributed by atoms with Crippen molar-refractivity contribution in [3.63, 3.8) is 0 Å². The molecule has 5 aromatic rings. The van der Waals surface area contributed by atoms with Crippen LogP contribution in [0.1, 0.15) is 73.4 Å². The molecule has 372 valence electrons. The molecule has 81 heavy (non-hydrogen) atoms. The molecule has 32 heteroatoms. The Balaban J connectivity index is 0.928. The quantitative estimate of drug-likeness (QED) is 0.120. The van der Waals surface area contributed by atoms with Gasteiger partial charge in [0.25, 0.3) is 5.92 Å². The summed E-state index contributed by atoms with van der Waals surface area (Å²) in [6.45, 7) is 0.101. The molecule has 4 fully saturated rings. The van der Waals surface area contributed by atoms with E-state index in [1.54, 1.807) is 42.5 Å². The van der Waals surface area contributed by atoms with Gasteiger partial charge in [0, 0.05) is 29.3 Å². The molecule has 2 bridgehead atoms. The lowest BCUT2D eigenvalue weighted by Gasteiger charge is -2.64. The number of alkyl halides is 2. The molecular formula is C49H38B16F2N8O6. The second-order valence-corrected chi connectivity index (χ2v) is 22.9. The molecule has 2 saturated heterocycles. The van der Waals surface area contributed by atoms with Crippen molar-refractivity contribution < 1.29 is 37.4 Å². The summed E-state index contributed by atoms with van der Waals surface area (Å²) < 4.78 is 43.4. The van der Waals surface area contributed by atoms with E-state index in [1.807, 2.05) is 0 Å². The molecule has 5 aliphatic rings. The second-order valence-electron chi connectivity index (χ2n) is 22.9. The van der Waals surface area contributed by atoms with Gasteiger partial charge in [-0.3, -0.25) is 9.59 Å². The predicted molar refractivity (Wildman–Crippen MR) is 314 cm³/mol. The number of hydrogen-bond donors (Lipinski definition) is 4. The Morgan fingerprint density at radius 3 is 1.69 bits per heavy atom. The first-order valence-corrected chi connectivity index (χ1v) is 25.6. The Hall–Kier alpha value is -5.28. The van der Waals surface area contributed by atoms with Gasteiger partial charge in [0.2, 0.25) is 11.8 Å². The Morgan fingerprint density at radius 2 is 1.16 bits per heavy atom. The molecule has 1 spiro atoms. The summed E-state index contributed by atoms with van der Waals surface area (Å²) >= 11 is 0. The number of alkyl carbamates (subject to hydrolysis) is 2. The standard InChI is InChI=1S/C49H38B16F2N8O6/c1-80-38(78)72-42(50,44(52,46(54,55)56)47(57,58)59)36(76)74-19-40(11-12-40)17-32(74)34-68-18-31(71-34)22-5-9-26-25-8-4-20(14-27(25)41(66,67)28(26)15-22)21-6-10-29-30(16-21)70-35(69-29)33-23-3-7-24(13-23)75(33)37(77)43(51,73-39(79)81-2)45(53,48(60,61)62)49(63,64)65/h4-6,8-10,14-16,18,23-24,32-33H,3,7,11-13,17,19H2,1-2H3,(H,68,71)(H,69,70)(H,72,78)(H,73,79)/t23-,24+,32-,33-,42?,43?/m0/s1. The first kappa shape index (κ1) is 58.9. The van der Waals surface area contributed by atoms with Gasteiger partial charge in [0.1, 0.15) is 27.3 Å². The van der Waals surface area contributed by atoms with Crippen molar-refractivity contribution in [1.29, 1.82) is 0 Å². The van der Waals surface area contributed by atoms with Crippen LogP contribution in [0.3, 0.4) is 0 Å². The van der Waals surface area contributed by atoms with Crippen LogP contribution in [0.2, 0.25) is 31.1 Å². The summed E-state index contributed by atoms with van der Waals surface area (Å²) in [4.78, 5) is 74.3. The number of nitrogens with zero attached hydrogens (tertiary/aromatic N) is 4. The van der Waals surface area contributed by atoms with E-state index in [9.17, 15) is 14.4 Å². The fraction of sp³-hybridized carbons (Fsp3) is 0.469. The van der Waals surface area contributed by atoms with Crippen molar-refractivity contribution in [2.45, 2.75) is 105 Å². The van der Waals surface area contributed by atoms with Crippen LogP contribution < -0.4 is 10.6 Å². The summed E-state index contributed by atoms with van der Waals surface area (Å²) in [5, 5.41) is -12.1. The van der Waals surface area contributed by atoms with E-state index >= 15 is 13.6 Å². The van der Waals surface area contributed by atoms with Gasteiger partial charge >= 0.3 is 12.2 Å². The third-order valence-electron chi connectivity index (χ3n) is 17.5. The Morgan fingerprint density at radius 1 is 0.654 bits per heavy atom. The van der Waals surface area contributed by atoms with E-state index in [0.29, 0.717) is 76.1 Å². The van der Waals surface area contributed by atoms with E-state index in [1.165, 1.54) is 28.1 Å². The van der Waals surface area contributed by atoms with Gasteiger partial charge in [-0.05, 0) is 96.4 Å². The maximum Gasteiger partial charge on any atom is 0.407 e. The minimum Gasteiger partial charge on any atom is -0.453 e. The zero-order chi connectivity index (χ0) is 59.4. The molecular weight excluding hydrogens is 1010 g/mol. The number of likely N-dealkylation sites (tertiary alicyclic amines) is 2. The molecule has 6 atom stereocenters. The monoisotopic (exact) mass is 1050 g/mol. The summed E-state index contributed by atoms with van der Waals surface area (Å²) in [5.41, 5.74) is -3.34. The maximum absolute atomic E-state index is 17.0. The zero-order valence-corrected chi connectivity index (χ0v) is 44.3. The molecule has 4 amide bonds. The number of fused-ring (bicyclic) bond motifs is 6. The number of methoxy groups -OCH3 is 2. The number of nitrogens with one attached hydrogen (secondary N) is 4. The molecule has 2 unspecified atom stereocenters. The lowest BCUT2D eigenvalue weighted by atomic mass is 9.11. The number of carbonyl (C=O) groups excluding carboxylic acids is 4. The Labute approximate surface area is 489 Å². The molecule has 10 rings (SSSR count). The number of hydrogen-bond acceptors (Lipinski definition) is 8. The van der Waals surface area contributed by atoms with Crippen molar-refractivity contribution in [3.05, 3.63) is 83.6 Å². The highest BCUT2D eigenvalue weighted by atomic mass is 19.3. The van der Waals surface area contributed by atoms with Crippen LogP contribution in [0.15, 0.2) is 60.8 Å². The van der Waals surface area contributed by atoms with Gasteiger partial charge in [-0.25, -0.2) is 19.6 Å². The normalized spacial score (nSPS) is 22.6. The number of carbonyl (C=O) groups is 4. The summed E-state index contributed by atoms with van der Waals surface area (Å²) in [5.74, 6) is -5.16. The van der Waals surface area contributed by atoms with Crippen LogP contribution >= 0.6 is 0 Å². The number of benzene rings is 3. The fourth-order valence-corrected chi connectivity index (χ4v) is 12.9. The van der Waals surface area contributed by atoms with Gasteiger partial charge < -0.3 is 39.9 Å². The second kappa shape index (κ2) is 19.1. The number of aromatic amines is 2. The number of imidazole rings is 2. The van der Waals surface area contributed by atoms with Crippen LogP contribution in [-0.4, -0.2) is 217 Å². The van der Waals surface area contributed by atoms with Crippen LogP contribution in [0, 0.1) is 11.3 Å². The SMILES string of the molecule is [B]C([B])([B])C([B])(C([B])([B])[B])C([B])(NC(=O)OC)C(=O)N1CC2(CC2)C[C@H]1c1ncc(-c2ccc3c(c2)C(F)(F)c2cc(-c4ccc5nc([C@@H]6[C@H]7CC[C@H](C7)N6C(=O)C([B])(NC(=O)OC)C([B])(C([B])([B])[B])C([B])([B])[B])[nH]c5c4)ccc2-3)[nH]1. The average Bonchev–Trinajstić information content (AvgIpc) is 2.11. The molecule has 4 heterocycles. The van der Waals surface area contributed by atoms with Crippen molar-refractivity contribution in [2.24, 2.45) is 11.3 Å².